The van der Waals surface area contributed by atoms with E-state index in [-0.39, 0.29) is 17.4 Å². The quantitative estimate of drug-likeness (QED) is 0.698. The summed E-state index contributed by atoms with van der Waals surface area (Å²) in [5.74, 6) is -0.671. The van der Waals surface area contributed by atoms with Crippen molar-refractivity contribution in [2.24, 2.45) is 0 Å². The Morgan fingerprint density at radius 2 is 1.90 bits per heavy atom. The third kappa shape index (κ3) is 3.28. The van der Waals surface area contributed by atoms with Gasteiger partial charge in [0.2, 0.25) is 5.88 Å². The van der Waals surface area contributed by atoms with Crippen molar-refractivity contribution >= 4 is 12.3 Å². The van der Waals surface area contributed by atoms with Gasteiger partial charge in [0.05, 0.1) is 5.56 Å². The number of hydrogen-bond donors (Lipinski definition) is 1. The molecule has 0 amide bonds. The fourth-order valence-corrected chi connectivity index (χ4v) is 1.63. The highest BCUT2D eigenvalue weighted by molar-refractivity contribution is 5.80. The van der Waals surface area contributed by atoms with Crippen LogP contribution in [0.2, 0.25) is 0 Å². The van der Waals surface area contributed by atoms with Crippen molar-refractivity contribution in [3.05, 3.63) is 35.5 Å². The SMILES string of the molecule is CC(=O)Oc1[nH]c(-c2ccc(C(F)(F)F)cc2)nc1C=O. The van der Waals surface area contributed by atoms with E-state index in [1.165, 1.54) is 12.1 Å². The number of ether oxygens (including phenoxy) is 1. The van der Waals surface area contributed by atoms with Crippen molar-refractivity contribution in [2.45, 2.75) is 13.1 Å². The number of hydrogen-bond acceptors (Lipinski definition) is 4. The van der Waals surface area contributed by atoms with Crippen molar-refractivity contribution < 1.29 is 27.5 Å². The number of carbonyl (C=O) groups is 2. The summed E-state index contributed by atoms with van der Waals surface area (Å²) < 4.78 is 42.1. The Morgan fingerprint density at radius 1 is 1.29 bits per heavy atom. The molecule has 0 atom stereocenters. The van der Waals surface area contributed by atoms with Crippen LogP contribution in [-0.4, -0.2) is 22.2 Å². The Labute approximate surface area is 116 Å². The molecule has 0 radical (unpaired) electrons. The number of rotatable bonds is 3. The number of carbonyl (C=O) groups excluding carboxylic acids is 2. The summed E-state index contributed by atoms with van der Waals surface area (Å²) in [5, 5.41) is 0. The van der Waals surface area contributed by atoms with Crippen molar-refractivity contribution in [2.75, 3.05) is 0 Å². The molecule has 0 saturated heterocycles. The van der Waals surface area contributed by atoms with E-state index in [1.54, 1.807) is 0 Å². The molecule has 110 valence electrons. The molecule has 2 rings (SSSR count). The van der Waals surface area contributed by atoms with Crippen LogP contribution in [-0.2, 0) is 11.0 Å². The van der Waals surface area contributed by atoms with Crippen LogP contribution in [0.3, 0.4) is 0 Å². The lowest BCUT2D eigenvalue weighted by atomic mass is 10.1. The molecule has 0 spiro atoms. The van der Waals surface area contributed by atoms with Crippen LogP contribution >= 0.6 is 0 Å². The maximum absolute atomic E-state index is 12.5. The molecule has 0 bridgehead atoms. The van der Waals surface area contributed by atoms with Gasteiger partial charge < -0.3 is 9.72 Å². The molecule has 5 nitrogen and oxygen atoms in total. The number of alkyl halides is 3. The number of benzene rings is 1. The lowest BCUT2D eigenvalue weighted by molar-refractivity contribution is -0.137. The minimum atomic E-state index is -4.43. The summed E-state index contributed by atoms with van der Waals surface area (Å²) in [6, 6.07) is 4.19. The second kappa shape index (κ2) is 5.39. The van der Waals surface area contributed by atoms with Gasteiger partial charge in [-0.25, -0.2) is 4.98 Å². The second-order valence-corrected chi connectivity index (χ2v) is 4.09. The van der Waals surface area contributed by atoms with E-state index in [1.807, 2.05) is 0 Å². The molecule has 0 fully saturated rings. The monoisotopic (exact) mass is 298 g/mol. The van der Waals surface area contributed by atoms with Crippen molar-refractivity contribution in [3.63, 3.8) is 0 Å². The zero-order valence-electron chi connectivity index (χ0n) is 10.7. The average Bonchev–Trinajstić information content (AvgIpc) is 2.80. The fraction of sp³-hybridized carbons (Fsp3) is 0.154. The number of aromatic nitrogens is 2. The lowest BCUT2D eigenvalue weighted by Gasteiger charge is -2.06. The van der Waals surface area contributed by atoms with Gasteiger partial charge in [0.15, 0.2) is 12.0 Å². The van der Waals surface area contributed by atoms with E-state index in [9.17, 15) is 22.8 Å². The molecule has 1 aromatic carbocycles. The summed E-state index contributed by atoms with van der Waals surface area (Å²) in [5.41, 5.74) is -0.613. The second-order valence-electron chi connectivity index (χ2n) is 4.09. The third-order valence-electron chi connectivity index (χ3n) is 2.54. The predicted octanol–water partition coefficient (Wildman–Crippen LogP) is 2.83. The molecule has 0 saturated carbocycles. The van der Waals surface area contributed by atoms with Gasteiger partial charge in [0.1, 0.15) is 5.82 Å². The third-order valence-corrected chi connectivity index (χ3v) is 2.54. The highest BCUT2D eigenvalue weighted by atomic mass is 19.4. The van der Waals surface area contributed by atoms with E-state index < -0.39 is 17.7 Å². The van der Waals surface area contributed by atoms with E-state index in [2.05, 4.69) is 9.97 Å². The van der Waals surface area contributed by atoms with E-state index in [0.29, 0.717) is 11.8 Å². The first-order valence-electron chi connectivity index (χ1n) is 5.72. The predicted molar refractivity (Wildman–Crippen MR) is 65.7 cm³/mol. The molecule has 0 aliphatic carbocycles. The Kier molecular flexibility index (Phi) is 3.79. The van der Waals surface area contributed by atoms with Gasteiger partial charge in [-0.3, -0.25) is 9.59 Å². The van der Waals surface area contributed by atoms with Crippen LogP contribution in [0.25, 0.3) is 11.4 Å². The zero-order valence-corrected chi connectivity index (χ0v) is 10.7. The molecule has 1 heterocycles. The molecule has 1 N–H and O–H groups in total. The number of aldehydes is 1. The number of H-pyrrole nitrogens is 1. The fourth-order valence-electron chi connectivity index (χ4n) is 1.63. The van der Waals surface area contributed by atoms with Crippen molar-refractivity contribution in [3.8, 4) is 17.3 Å². The Bertz CT molecular complexity index is 675. The number of nitrogens with one attached hydrogen (secondary N) is 1. The Hall–Kier alpha value is -2.64. The normalized spacial score (nSPS) is 11.2. The van der Waals surface area contributed by atoms with Gasteiger partial charge in [-0.2, -0.15) is 13.2 Å². The molecule has 1 aromatic heterocycles. The summed E-state index contributed by atoms with van der Waals surface area (Å²) in [7, 11) is 0. The van der Waals surface area contributed by atoms with Crippen LogP contribution in [0.5, 0.6) is 5.88 Å². The van der Waals surface area contributed by atoms with Gasteiger partial charge in [0.25, 0.3) is 0 Å². The number of nitrogens with zero attached hydrogens (tertiary/aromatic N) is 1. The topological polar surface area (TPSA) is 72.1 Å². The molecule has 2 aromatic rings. The minimum Gasteiger partial charge on any atom is -0.407 e. The lowest BCUT2D eigenvalue weighted by Crippen LogP contribution is -2.04. The van der Waals surface area contributed by atoms with E-state index in [4.69, 9.17) is 4.74 Å². The zero-order chi connectivity index (χ0) is 15.6. The van der Waals surface area contributed by atoms with E-state index in [0.717, 1.165) is 19.1 Å². The molecule has 0 aliphatic rings. The number of halogens is 3. The first kappa shape index (κ1) is 14.8. The van der Waals surface area contributed by atoms with Crippen LogP contribution < -0.4 is 4.74 Å². The molecular formula is C13H9F3N2O3. The number of aromatic amines is 1. The molecule has 0 aliphatic heterocycles. The number of imidazole rings is 1. The highest BCUT2D eigenvalue weighted by Crippen LogP contribution is 2.31. The highest BCUT2D eigenvalue weighted by Gasteiger charge is 2.30. The largest absolute Gasteiger partial charge is 0.416 e. The minimum absolute atomic E-state index is 0.127. The van der Waals surface area contributed by atoms with Crippen LogP contribution in [0, 0.1) is 0 Å². The standard InChI is InChI=1S/C13H9F3N2O3/c1-7(20)21-12-10(6-19)17-11(18-12)8-2-4-9(5-3-8)13(14,15)16/h2-6H,1H3,(H,17,18). The van der Waals surface area contributed by atoms with Crippen LogP contribution in [0.15, 0.2) is 24.3 Å². The maximum atomic E-state index is 12.5. The molecule has 21 heavy (non-hydrogen) atoms. The first-order valence-corrected chi connectivity index (χ1v) is 5.72. The summed E-state index contributed by atoms with van der Waals surface area (Å²) in [4.78, 5) is 28.1. The smallest absolute Gasteiger partial charge is 0.407 e. The van der Waals surface area contributed by atoms with Crippen LogP contribution in [0.1, 0.15) is 23.0 Å². The van der Waals surface area contributed by atoms with E-state index >= 15 is 0 Å². The van der Waals surface area contributed by atoms with Gasteiger partial charge in [-0.05, 0) is 12.1 Å². The molecular weight excluding hydrogens is 289 g/mol. The van der Waals surface area contributed by atoms with Gasteiger partial charge >= 0.3 is 12.1 Å². The van der Waals surface area contributed by atoms with Gasteiger partial charge in [-0.15, -0.1) is 0 Å². The van der Waals surface area contributed by atoms with Crippen LogP contribution in [0.4, 0.5) is 13.2 Å². The Morgan fingerprint density at radius 3 is 2.38 bits per heavy atom. The van der Waals surface area contributed by atoms with Gasteiger partial charge in [-0.1, -0.05) is 12.1 Å². The summed E-state index contributed by atoms with van der Waals surface area (Å²) in [6.07, 6.45) is -4.05. The summed E-state index contributed by atoms with van der Waals surface area (Å²) >= 11 is 0. The number of esters is 1. The van der Waals surface area contributed by atoms with Crippen molar-refractivity contribution in [1.29, 1.82) is 0 Å². The molecule has 8 heteroatoms. The van der Waals surface area contributed by atoms with Crippen molar-refractivity contribution in [1.82, 2.24) is 9.97 Å². The maximum Gasteiger partial charge on any atom is 0.416 e. The summed E-state index contributed by atoms with van der Waals surface area (Å²) in [6.45, 7) is 1.15. The average molecular weight is 298 g/mol. The molecule has 0 unspecified atom stereocenters. The Balaban J connectivity index is 2.36. The van der Waals surface area contributed by atoms with Gasteiger partial charge in [0, 0.05) is 12.5 Å². The first-order chi connectivity index (χ1) is 9.81.